The van der Waals surface area contributed by atoms with Crippen LogP contribution >= 0.6 is 0 Å². The molecular weight excluding hydrogens is 262 g/mol. The van der Waals surface area contributed by atoms with Gasteiger partial charge in [0.1, 0.15) is 11.6 Å². The molecule has 21 heavy (non-hydrogen) atoms. The molecule has 0 bridgehead atoms. The maximum Gasteiger partial charge on any atom is 0.262 e. The second-order valence-corrected chi connectivity index (χ2v) is 5.24. The first-order chi connectivity index (χ1) is 10.1. The molecule has 0 spiro atoms. The quantitative estimate of drug-likeness (QED) is 0.667. The number of nitrogens with one attached hydrogen (secondary N) is 2. The van der Waals surface area contributed by atoms with Crippen molar-refractivity contribution in [3.63, 3.8) is 0 Å². The predicted molar refractivity (Wildman–Crippen MR) is 84.5 cm³/mol. The van der Waals surface area contributed by atoms with E-state index < -0.39 is 0 Å². The highest BCUT2D eigenvalue weighted by Gasteiger charge is 2.12. The number of aromatic amines is 1. The highest BCUT2D eigenvalue weighted by Crippen LogP contribution is 2.24. The smallest absolute Gasteiger partial charge is 0.262 e. The number of benzene rings is 1. The molecule has 108 valence electrons. The van der Waals surface area contributed by atoms with E-state index in [1.165, 1.54) is 5.56 Å². The fraction of sp³-hybridized carbons (Fsp3) is 0.294. The van der Waals surface area contributed by atoms with Gasteiger partial charge in [0.2, 0.25) is 0 Å². The average molecular weight is 281 g/mol. The van der Waals surface area contributed by atoms with E-state index in [0.29, 0.717) is 0 Å². The second-order valence-electron chi connectivity index (χ2n) is 5.24. The summed E-state index contributed by atoms with van der Waals surface area (Å²) in [6, 6.07) is 8.03. The molecule has 0 saturated carbocycles. The number of aromatic nitrogens is 1. The molecule has 0 aliphatic rings. The van der Waals surface area contributed by atoms with Crippen LogP contribution in [0.5, 0.6) is 0 Å². The number of carbonyl (C=O) groups is 1. The van der Waals surface area contributed by atoms with E-state index in [9.17, 15) is 10.1 Å². The molecule has 2 N–H and O–H groups in total. The Morgan fingerprint density at radius 2 is 2.24 bits per heavy atom. The molecule has 0 unspecified atom stereocenters. The van der Waals surface area contributed by atoms with Crippen LogP contribution < -0.4 is 5.32 Å². The Kier molecular flexibility index (Phi) is 4.44. The summed E-state index contributed by atoms with van der Waals surface area (Å²) in [5.74, 6) is -0.339. The summed E-state index contributed by atoms with van der Waals surface area (Å²) in [6.07, 6.45) is 4.40. The van der Waals surface area contributed by atoms with Crippen molar-refractivity contribution in [2.75, 3.05) is 0 Å². The van der Waals surface area contributed by atoms with Crippen molar-refractivity contribution >= 4 is 22.9 Å². The molecule has 4 nitrogen and oxygen atoms in total. The minimum atomic E-state index is -0.339. The van der Waals surface area contributed by atoms with Gasteiger partial charge in [0.25, 0.3) is 5.91 Å². The van der Waals surface area contributed by atoms with Crippen molar-refractivity contribution in [2.45, 2.75) is 33.2 Å². The number of H-pyrrole nitrogens is 1. The zero-order chi connectivity index (χ0) is 15.4. The summed E-state index contributed by atoms with van der Waals surface area (Å²) < 4.78 is 0. The Balaban J connectivity index is 2.44. The van der Waals surface area contributed by atoms with Crippen LogP contribution in [0.2, 0.25) is 0 Å². The molecule has 2 aromatic rings. The van der Waals surface area contributed by atoms with Gasteiger partial charge in [0.05, 0.1) is 0 Å². The van der Waals surface area contributed by atoms with Gasteiger partial charge in [-0.3, -0.25) is 4.79 Å². The van der Waals surface area contributed by atoms with Crippen LogP contribution in [-0.4, -0.2) is 16.9 Å². The molecule has 1 amide bonds. The Hall–Kier alpha value is -2.54. The van der Waals surface area contributed by atoms with E-state index in [4.69, 9.17) is 0 Å². The fourth-order valence-electron chi connectivity index (χ4n) is 2.30. The summed E-state index contributed by atoms with van der Waals surface area (Å²) in [6.45, 7) is 5.83. The van der Waals surface area contributed by atoms with Gasteiger partial charge in [-0.2, -0.15) is 5.26 Å². The minimum Gasteiger partial charge on any atom is -0.360 e. The molecule has 0 atom stereocenters. The molecule has 0 aliphatic carbocycles. The van der Waals surface area contributed by atoms with Crippen LogP contribution in [0, 0.1) is 11.3 Å². The standard InChI is InChI=1S/C17H19N3O/c1-4-12-6-5-7-15-14(10-19-16(12)15)8-13(9-18)17(21)20-11(2)3/h5-8,10-11,19H,4H2,1-3H3,(H,20,21)/b13-8+. The molecule has 0 radical (unpaired) electrons. The van der Waals surface area contributed by atoms with E-state index in [-0.39, 0.29) is 17.5 Å². The molecule has 1 aromatic carbocycles. The number of rotatable bonds is 4. The molecule has 4 heteroatoms. The maximum atomic E-state index is 12.0. The summed E-state index contributed by atoms with van der Waals surface area (Å²) >= 11 is 0. The van der Waals surface area contributed by atoms with E-state index in [0.717, 1.165) is 22.9 Å². The van der Waals surface area contributed by atoms with Crippen molar-refractivity contribution in [3.8, 4) is 6.07 Å². The van der Waals surface area contributed by atoms with Crippen molar-refractivity contribution < 1.29 is 4.79 Å². The van der Waals surface area contributed by atoms with Crippen LogP contribution in [0.15, 0.2) is 30.0 Å². The zero-order valence-electron chi connectivity index (χ0n) is 12.5. The number of hydrogen-bond acceptors (Lipinski definition) is 2. The number of para-hydroxylation sites is 1. The molecule has 0 saturated heterocycles. The van der Waals surface area contributed by atoms with Crippen molar-refractivity contribution in [1.29, 1.82) is 5.26 Å². The Morgan fingerprint density at radius 3 is 2.86 bits per heavy atom. The normalized spacial score (nSPS) is 11.7. The zero-order valence-corrected chi connectivity index (χ0v) is 12.5. The number of nitrogens with zero attached hydrogens (tertiary/aromatic N) is 1. The van der Waals surface area contributed by atoms with Crippen molar-refractivity contribution in [1.82, 2.24) is 10.3 Å². The lowest BCUT2D eigenvalue weighted by Gasteiger charge is -2.06. The number of nitriles is 1. The van der Waals surface area contributed by atoms with E-state index in [1.807, 2.05) is 38.2 Å². The highest BCUT2D eigenvalue weighted by atomic mass is 16.1. The second kappa shape index (κ2) is 6.27. The lowest BCUT2D eigenvalue weighted by Crippen LogP contribution is -2.30. The molecule has 1 heterocycles. The van der Waals surface area contributed by atoms with Crippen molar-refractivity contribution in [2.24, 2.45) is 0 Å². The van der Waals surface area contributed by atoms with Gasteiger partial charge < -0.3 is 10.3 Å². The number of fused-ring (bicyclic) bond motifs is 1. The van der Waals surface area contributed by atoms with Crippen LogP contribution in [0.25, 0.3) is 17.0 Å². The van der Waals surface area contributed by atoms with E-state index in [1.54, 1.807) is 6.08 Å². The van der Waals surface area contributed by atoms with Gasteiger partial charge in [-0.1, -0.05) is 25.1 Å². The summed E-state index contributed by atoms with van der Waals surface area (Å²) in [7, 11) is 0. The SMILES string of the molecule is CCc1cccc2c(/C=C(\C#N)C(=O)NC(C)C)c[nH]c12. The van der Waals surface area contributed by atoms with Gasteiger partial charge in [0, 0.05) is 28.7 Å². The first kappa shape index (κ1) is 14.9. The van der Waals surface area contributed by atoms with Gasteiger partial charge >= 0.3 is 0 Å². The predicted octanol–water partition coefficient (Wildman–Crippen LogP) is 3.16. The van der Waals surface area contributed by atoms with Crippen LogP contribution in [-0.2, 0) is 11.2 Å². The monoisotopic (exact) mass is 281 g/mol. The Morgan fingerprint density at radius 1 is 1.48 bits per heavy atom. The third kappa shape index (κ3) is 3.14. The average Bonchev–Trinajstić information content (AvgIpc) is 2.86. The molecular formula is C17H19N3O. The highest BCUT2D eigenvalue weighted by molar-refractivity contribution is 6.04. The first-order valence-corrected chi connectivity index (χ1v) is 7.08. The molecule has 0 aliphatic heterocycles. The topological polar surface area (TPSA) is 68.7 Å². The number of carbonyl (C=O) groups excluding carboxylic acids is 1. The van der Waals surface area contributed by atoms with E-state index >= 15 is 0 Å². The molecule has 0 fully saturated rings. The summed E-state index contributed by atoms with van der Waals surface area (Å²) in [4.78, 5) is 15.2. The minimum absolute atomic E-state index is 0.00362. The third-order valence-electron chi connectivity index (χ3n) is 3.30. The van der Waals surface area contributed by atoms with Gasteiger partial charge in [0.15, 0.2) is 0 Å². The van der Waals surface area contributed by atoms with Crippen LogP contribution in [0.4, 0.5) is 0 Å². The summed E-state index contributed by atoms with van der Waals surface area (Å²) in [5.41, 5.74) is 3.26. The lowest BCUT2D eigenvalue weighted by molar-refractivity contribution is -0.117. The lowest BCUT2D eigenvalue weighted by atomic mass is 10.1. The maximum absolute atomic E-state index is 12.0. The first-order valence-electron chi connectivity index (χ1n) is 7.08. The van der Waals surface area contributed by atoms with Crippen LogP contribution in [0.1, 0.15) is 31.9 Å². The van der Waals surface area contributed by atoms with Gasteiger partial charge in [-0.15, -0.1) is 0 Å². The number of aryl methyl sites for hydroxylation is 1. The van der Waals surface area contributed by atoms with Gasteiger partial charge in [-0.05, 0) is 31.9 Å². The largest absolute Gasteiger partial charge is 0.360 e. The Labute approximate surface area is 124 Å². The summed E-state index contributed by atoms with van der Waals surface area (Å²) in [5, 5.41) is 13.0. The van der Waals surface area contributed by atoms with E-state index in [2.05, 4.69) is 23.3 Å². The van der Waals surface area contributed by atoms with Gasteiger partial charge in [-0.25, -0.2) is 0 Å². The molecule has 2 rings (SSSR count). The third-order valence-corrected chi connectivity index (χ3v) is 3.30. The Bertz CT molecular complexity index is 732. The molecule has 1 aromatic heterocycles. The van der Waals surface area contributed by atoms with Crippen molar-refractivity contribution in [3.05, 3.63) is 41.1 Å². The fourth-order valence-corrected chi connectivity index (χ4v) is 2.30. The number of hydrogen-bond donors (Lipinski definition) is 2. The van der Waals surface area contributed by atoms with Crippen LogP contribution in [0.3, 0.4) is 0 Å². The number of amides is 1.